The van der Waals surface area contributed by atoms with Gasteiger partial charge in [-0.3, -0.25) is 4.90 Å². The molecular weight excluding hydrogens is 186 g/mol. The van der Waals surface area contributed by atoms with Gasteiger partial charge in [0, 0.05) is 19.1 Å². The van der Waals surface area contributed by atoms with E-state index >= 15 is 0 Å². The summed E-state index contributed by atoms with van der Waals surface area (Å²) in [5.74, 6) is 2.09. The number of hydrogen-bond donors (Lipinski definition) is 1. The molecular formula is C13H23NO. The summed E-state index contributed by atoms with van der Waals surface area (Å²) in [6.45, 7) is 2.30. The van der Waals surface area contributed by atoms with Crippen molar-refractivity contribution in [1.29, 1.82) is 0 Å². The molecule has 1 N–H and O–H groups in total. The predicted octanol–water partition coefficient (Wildman–Crippen LogP) is 2.02. The Bertz CT molecular complexity index is 219. The third-order valence-electron chi connectivity index (χ3n) is 5.01. The fraction of sp³-hybridized carbons (Fsp3) is 1.00. The highest BCUT2D eigenvalue weighted by atomic mass is 16.3. The zero-order valence-corrected chi connectivity index (χ0v) is 9.57. The summed E-state index contributed by atoms with van der Waals surface area (Å²) >= 11 is 0. The Labute approximate surface area is 92.7 Å². The lowest BCUT2D eigenvalue weighted by Gasteiger charge is -2.51. The minimum Gasteiger partial charge on any atom is -0.393 e. The highest BCUT2D eigenvalue weighted by Crippen LogP contribution is 2.46. The minimum atomic E-state index is -0.0107. The number of likely N-dealkylation sites (tertiary alicyclic amines) is 1. The van der Waals surface area contributed by atoms with Crippen LogP contribution in [0.1, 0.15) is 44.9 Å². The molecule has 0 aromatic carbocycles. The van der Waals surface area contributed by atoms with Crippen LogP contribution in [0.15, 0.2) is 0 Å². The van der Waals surface area contributed by atoms with Gasteiger partial charge in [-0.2, -0.15) is 0 Å². The molecule has 3 fully saturated rings. The van der Waals surface area contributed by atoms with E-state index in [-0.39, 0.29) is 6.10 Å². The van der Waals surface area contributed by atoms with Crippen LogP contribution >= 0.6 is 0 Å². The van der Waals surface area contributed by atoms with Gasteiger partial charge in [-0.1, -0.05) is 19.3 Å². The summed E-state index contributed by atoms with van der Waals surface area (Å²) in [7, 11) is 0. The molecule has 0 bridgehead atoms. The lowest BCUT2D eigenvalue weighted by atomic mass is 9.63. The predicted molar refractivity (Wildman–Crippen MR) is 60.7 cm³/mol. The van der Waals surface area contributed by atoms with Crippen molar-refractivity contribution in [3.63, 3.8) is 0 Å². The SMILES string of the molecule is OC1CCN(C2CCC2C2CCC2)CC1. The summed E-state index contributed by atoms with van der Waals surface area (Å²) in [5.41, 5.74) is 0. The summed E-state index contributed by atoms with van der Waals surface area (Å²) in [5, 5.41) is 9.51. The fourth-order valence-corrected chi connectivity index (χ4v) is 3.60. The lowest BCUT2D eigenvalue weighted by molar-refractivity contribution is -0.0277. The van der Waals surface area contributed by atoms with Crippen LogP contribution in [0.2, 0.25) is 0 Å². The first kappa shape index (κ1) is 10.1. The minimum absolute atomic E-state index is 0.0107. The lowest BCUT2D eigenvalue weighted by Crippen LogP contribution is -2.53. The molecule has 3 aliphatic rings. The molecule has 0 amide bonds. The van der Waals surface area contributed by atoms with E-state index in [9.17, 15) is 5.11 Å². The number of hydrogen-bond acceptors (Lipinski definition) is 2. The number of rotatable bonds is 2. The molecule has 2 saturated carbocycles. The van der Waals surface area contributed by atoms with Crippen molar-refractivity contribution in [3.05, 3.63) is 0 Å². The topological polar surface area (TPSA) is 23.5 Å². The normalized spacial score (nSPS) is 39.8. The van der Waals surface area contributed by atoms with Gasteiger partial charge in [0.1, 0.15) is 0 Å². The van der Waals surface area contributed by atoms with E-state index in [4.69, 9.17) is 0 Å². The van der Waals surface area contributed by atoms with Crippen molar-refractivity contribution in [2.75, 3.05) is 13.1 Å². The second kappa shape index (κ2) is 4.06. The van der Waals surface area contributed by atoms with E-state index in [0.717, 1.165) is 43.8 Å². The van der Waals surface area contributed by atoms with Crippen molar-refractivity contribution in [2.45, 2.75) is 57.1 Å². The van der Waals surface area contributed by atoms with E-state index in [1.807, 2.05) is 0 Å². The summed E-state index contributed by atoms with van der Waals surface area (Å²) in [4.78, 5) is 2.67. The summed E-state index contributed by atoms with van der Waals surface area (Å²) in [6.07, 6.45) is 9.39. The van der Waals surface area contributed by atoms with Crippen LogP contribution in [0, 0.1) is 11.8 Å². The van der Waals surface area contributed by atoms with Crippen molar-refractivity contribution in [3.8, 4) is 0 Å². The Morgan fingerprint density at radius 2 is 1.60 bits per heavy atom. The van der Waals surface area contributed by atoms with Gasteiger partial charge in [-0.15, -0.1) is 0 Å². The third kappa shape index (κ3) is 1.83. The van der Waals surface area contributed by atoms with Gasteiger partial charge in [0.25, 0.3) is 0 Å². The third-order valence-corrected chi connectivity index (χ3v) is 5.01. The van der Waals surface area contributed by atoms with Gasteiger partial charge in [-0.05, 0) is 37.5 Å². The quantitative estimate of drug-likeness (QED) is 0.752. The van der Waals surface area contributed by atoms with E-state index in [1.165, 1.54) is 32.1 Å². The fourth-order valence-electron chi connectivity index (χ4n) is 3.60. The monoisotopic (exact) mass is 209 g/mol. The number of piperidine rings is 1. The van der Waals surface area contributed by atoms with Crippen LogP contribution in [0.3, 0.4) is 0 Å². The number of nitrogens with zero attached hydrogens (tertiary/aromatic N) is 1. The molecule has 2 unspecified atom stereocenters. The van der Waals surface area contributed by atoms with Crippen LogP contribution in [-0.2, 0) is 0 Å². The van der Waals surface area contributed by atoms with E-state index in [0.29, 0.717) is 0 Å². The Morgan fingerprint density at radius 1 is 0.867 bits per heavy atom. The van der Waals surface area contributed by atoms with Gasteiger partial charge >= 0.3 is 0 Å². The smallest absolute Gasteiger partial charge is 0.0564 e. The van der Waals surface area contributed by atoms with Crippen LogP contribution in [0.25, 0.3) is 0 Å². The van der Waals surface area contributed by atoms with Crippen LogP contribution in [-0.4, -0.2) is 35.2 Å². The van der Waals surface area contributed by atoms with Crippen LogP contribution in [0.5, 0.6) is 0 Å². The Balaban J connectivity index is 1.53. The number of aliphatic hydroxyl groups excluding tert-OH is 1. The maximum atomic E-state index is 9.51. The standard InChI is InChI=1S/C13H23NO/c15-11-6-8-14(9-7-11)13-5-4-12(13)10-2-1-3-10/h10-13,15H,1-9H2. The van der Waals surface area contributed by atoms with Gasteiger partial charge in [-0.25, -0.2) is 0 Å². The van der Waals surface area contributed by atoms with E-state index in [2.05, 4.69) is 4.90 Å². The maximum absolute atomic E-state index is 9.51. The van der Waals surface area contributed by atoms with E-state index in [1.54, 1.807) is 0 Å². The molecule has 0 radical (unpaired) electrons. The highest BCUT2D eigenvalue weighted by Gasteiger charge is 2.42. The molecule has 0 aromatic rings. The first-order valence-electron chi connectivity index (χ1n) is 6.77. The van der Waals surface area contributed by atoms with Crippen molar-refractivity contribution in [2.24, 2.45) is 11.8 Å². The molecule has 2 aliphatic carbocycles. The van der Waals surface area contributed by atoms with Crippen LogP contribution < -0.4 is 0 Å². The zero-order chi connectivity index (χ0) is 10.3. The maximum Gasteiger partial charge on any atom is 0.0564 e. The Hall–Kier alpha value is -0.0800. The molecule has 1 heterocycles. The molecule has 2 nitrogen and oxygen atoms in total. The Kier molecular flexibility index (Phi) is 2.73. The average Bonchev–Trinajstić information content (AvgIpc) is 2.13. The second-order valence-corrected chi connectivity index (χ2v) is 5.77. The first-order valence-corrected chi connectivity index (χ1v) is 6.77. The molecule has 0 aromatic heterocycles. The van der Waals surface area contributed by atoms with Gasteiger partial charge in [0.05, 0.1) is 6.10 Å². The molecule has 2 atom stereocenters. The molecule has 15 heavy (non-hydrogen) atoms. The van der Waals surface area contributed by atoms with Gasteiger partial charge < -0.3 is 5.11 Å². The molecule has 3 rings (SSSR count). The average molecular weight is 209 g/mol. The summed E-state index contributed by atoms with van der Waals surface area (Å²) in [6, 6.07) is 0.891. The molecule has 1 aliphatic heterocycles. The Morgan fingerprint density at radius 3 is 2.07 bits per heavy atom. The second-order valence-electron chi connectivity index (χ2n) is 5.77. The van der Waals surface area contributed by atoms with Crippen molar-refractivity contribution in [1.82, 2.24) is 4.90 Å². The highest BCUT2D eigenvalue weighted by molar-refractivity contribution is 4.96. The zero-order valence-electron chi connectivity index (χ0n) is 9.57. The van der Waals surface area contributed by atoms with Gasteiger partial charge in [0.15, 0.2) is 0 Å². The van der Waals surface area contributed by atoms with Gasteiger partial charge in [0.2, 0.25) is 0 Å². The van der Waals surface area contributed by atoms with Crippen molar-refractivity contribution >= 4 is 0 Å². The largest absolute Gasteiger partial charge is 0.393 e. The summed E-state index contributed by atoms with van der Waals surface area (Å²) < 4.78 is 0. The van der Waals surface area contributed by atoms with Crippen LogP contribution in [0.4, 0.5) is 0 Å². The number of aliphatic hydroxyl groups is 1. The molecule has 2 heteroatoms. The first-order chi connectivity index (χ1) is 7.34. The molecule has 0 spiro atoms. The van der Waals surface area contributed by atoms with E-state index < -0.39 is 0 Å². The molecule has 86 valence electrons. The molecule has 1 saturated heterocycles. The van der Waals surface area contributed by atoms with Crippen molar-refractivity contribution < 1.29 is 5.11 Å².